The number of carbonyl (C=O) groups excluding carboxylic acids is 4. The maximum absolute atomic E-state index is 13.1. The predicted octanol–water partition coefficient (Wildman–Crippen LogP) is 24.9. The van der Waals surface area contributed by atoms with E-state index in [1.165, 1.54) is 244 Å². The minimum Gasteiger partial charge on any atom is -0.462 e. The van der Waals surface area contributed by atoms with E-state index in [1.54, 1.807) is 0 Å². The van der Waals surface area contributed by atoms with Crippen LogP contribution in [0.2, 0.25) is 0 Å². The van der Waals surface area contributed by atoms with E-state index < -0.39 is 97.5 Å². The van der Waals surface area contributed by atoms with Gasteiger partial charge in [-0.25, -0.2) is 9.13 Å². The molecule has 0 fully saturated rings. The van der Waals surface area contributed by atoms with Crippen molar-refractivity contribution in [1.82, 2.24) is 0 Å². The van der Waals surface area contributed by atoms with Gasteiger partial charge in [0.25, 0.3) is 0 Å². The highest BCUT2D eigenvalue weighted by molar-refractivity contribution is 7.47. The Bertz CT molecular complexity index is 1980. The summed E-state index contributed by atoms with van der Waals surface area (Å²) in [5, 5.41) is 10.7. The van der Waals surface area contributed by atoms with Gasteiger partial charge in [-0.05, 0) is 43.4 Å². The average Bonchev–Trinajstić information content (AvgIpc) is 1.05. The normalized spacial score (nSPS) is 14.2. The number of aliphatic hydroxyl groups is 1. The van der Waals surface area contributed by atoms with Gasteiger partial charge in [0.2, 0.25) is 0 Å². The Morgan fingerprint density at radius 2 is 0.500 bits per heavy atom. The number of esters is 4. The lowest BCUT2D eigenvalue weighted by Gasteiger charge is -2.21. The van der Waals surface area contributed by atoms with Crippen LogP contribution in [0.1, 0.15) is 434 Å². The van der Waals surface area contributed by atoms with Gasteiger partial charge in [-0.15, -0.1) is 0 Å². The first-order valence-electron chi connectivity index (χ1n) is 42.9. The predicted molar refractivity (Wildman–Crippen MR) is 418 cm³/mol. The second kappa shape index (κ2) is 73.2. The molecule has 0 aliphatic heterocycles. The van der Waals surface area contributed by atoms with E-state index in [1.807, 2.05) is 0 Å². The Hall–Kier alpha value is -1.94. The summed E-state index contributed by atoms with van der Waals surface area (Å²) in [6.07, 6.45) is 62.4. The molecule has 0 rings (SSSR count). The van der Waals surface area contributed by atoms with Crippen LogP contribution >= 0.6 is 15.6 Å². The molecule has 102 heavy (non-hydrogen) atoms. The number of hydrogen-bond acceptors (Lipinski definition) is 15. The Morgan fingerprint density at radius 1 is 0.284 bits per heavy atom. The van der Waals surface area contributed by atoms with Crippen molar-refractivity contribution in [3.8, 4) is 0 Å². The maximum Gasteiger partial charge on any atom is 0.472 e. The van der Waals surface area contributed by atoms with Gasteiger partial charge in [0.15, 0.2) is 12.2 Å². The lowest BCUT2D eigenvalue weighted by Crippen LogP contribution is -2.30. The van der Waals surface area contributed by atoms with Gasteiger partial charge in [0.05, 0.1) is 26.4 Å². The molecule has 0 aromatic carbocycles. The summed E-state index contributed by atoms with van der Waals surface area (Å²) in [5.74, 6) is 0.219. The van der Waals surface area contributed by atoms with Gasteiger partial charge in [-0.1, -0.05) is 382 Å². The number of unbranched alkanes of at least 4 members (excludes halogenated alkanes) is 48. The number of rotatable bonds is 81. The summed E-state index contributed by atoms with van der Waals surface area (Å²) >= 11 is 0. The molecule has 6 atom stereocenters. The molecule has 0 radical (unpaired) electrons. The summed E-state index contributed by atoms with van der Waals surface area (Å²) in [6, 6.07) is 0. The molecular weight excluding hydrogens is 1330 g/mol. The minimum atomic E-state index is -4.96. The zero-order valence-electron chi connectivity index (χ0n) is 67.1. The molecule has 0 bridgehead atoms. The van der Waals surface area contributed by atoms with Crippen molar-refractivity contribution in [2.24, 2.45) is 17.8 Å². The Labute approximate surface area is 626 Å². The molecule has 0 saturated heterocycles. The first-order valence-corrected chi connectivity index (χ1v) is 45.9. The first kappa shape index (κ1) is 100. The Kier molecular flexibility index (Phi) is 71.8. The van der Waals surface area contributed by atoms with E-state index in [9.17, 15) is 43.2 Å². The highest BCUT2D eigenvalue weighted by atomic mass is 31.2. The third kappa shape index (κ3) is 74.9. The van der Waals surface area contributed by atoms with Crippen LogP contribution < -0.4 is 0 Å². The summed E-state index contributed by atoms with van der Waals surface area (Å²) in [7, 11) is -9.92. The summed E-state index contributed by atoms with van der Waals surface area (Å²) < 4.78 is 68.8. The van der Waals surface area contributed by atoms with Gasteiger partial charge in [0.1, 0.15) is 19.3 Å². The first-order chi connectivity index (χ1) is 49.3. The molecule has 606 valence electrons. The number of ether oxygens (including phenoxy) is 4. The molecule has 0 amide bonds. The fraction of sp³-hybridized carbons (Fsp3) is 0.952. The fourth-order valence-electron chi connectivity index (χ4n) is 12.8. The van der Waals surface area contributed by atoms with Crippen molar-refractivity contribution >= 4 is 39.5 Å². The van der Waals surface area contributed by atoms with Crippen molar-refractivity contribution < 1.29 is 80.2 Å². The fourth-order valence-corrected chi connectivity index (χ4v) is 14.4. The molecular formula is C83H162O17P2. The standard InChI is InChI=1S/C83H162O17P2/c1-8-10-11-12-13-14-15-16-17-18-19-20-21-22-27-30-36-45-52-59-66-82(87)99-78(70-93-80(85)64-57-50-43-35-29-26-24-23-25-28-33-40-47-54-61-74(3)4)72-97-101(89,90)95-68-77(84)69-96-102(91,92)98-73-79(71-94-81(86)65-58-51-44-39-38-41-48-55-62-75(5)6)100-83(88)67-60-53-46-37-32-31-34-42-49-56-63-76(7)9-2/h74-79,84H,8-73H2,1-7H3,(H,89,90)(H,91,92)/t76?,77-,78-,79-/m1/s1. The van der Waals surface area contributed by atoms with Crippen LogP contribution in [0, 0.1) is 17.8 Å². The summed E-state index contributed by atoms with van der Waals surface area (Å²) in [4.78, 5) is 73.1. The molecule has 0 aromatic heterocycles. The molecule has 0 aliphatic rings. The minimum absolute atomic E-state index is 0.106. The molecule has 0 aromatic rings. The Balaban J connectivity index is 5.25. The molecule has 0 aliphatic carbocycles. The van der Waals surface area contributed by atoms with Gasteiger partial charge < -0.3 is 33.8 Å². The number of phosphoric acid groups is 2. The second-order valence-electron chi connectivity index (χ2n) is 31.1. The van der Waals surface area contributed by atoms with Gasteiger partial charge in [0, 0.05) is 25.7 Å². The topological polar surface area (TPSA) is 237 Å². The second-order valence-corrected chi connectivity index (χ2v) is 34.0. The van der Waals surface area contributed by atoms with E-state index in [2.05, 4.69) is 48.5 Å². The molecule has 17 nitrogen and oxygen atoms in total. The Morgan fingerprint density at radius 3 is 0.745 bits per heavy atom. The van der Waals surface area contributed by atoms with Crippen LogP contribution in [-0.4, -0.2) is 96.7 Å². The zero-order valence-corrected chi connectivity index (χ0v) is 68.9. The van der Waals surface area contributed by atoms with Crippen molar-refractivity contribution in [2.45, 2.75) is 452 Å². The quantitative estimate of drug-likeness (QED) is 0.0222. The van der Waals surface area contributed by atoms with Crippen molar-refractivity contribution in [1.29, 1.82) is 0 Å². The summed E-state index contributed by atoms with van der Waals surface area (Å²) in [5.41, 5.74) is 0. The van der Waals surface area contributed by atoms with Crippen molar-refractivity contribution in [2.75, 3.05) is 39.6 Å². The number of phosphoric ester groups is 2. The molecule has 19 heteroatoms. The molecule has 3 N–H and O–H groups in total. The number of carbonyl (C=O) groups is 4. The SMILES string of the molecule is CCCCCCCCCCCCCCCCCCCCCCC(=O)O[C@H](COC(=O)CCCCCCCCCCCCCCCCC(C)C)COP(=O)(O)OC[C@@H](O)COP(=O)(O)OC[C@@H](COC(=O)CCCCCCCCCCC(C)C)OC(=O)CCCCCCCCCCCCC(C)CC. The van der Waals surface area contributed by atoms with E-state index >= 15 is 0 Å². The lowest BCUT2D eigenvalue weighted by molar-refractivity contribution is -0.161. The van der Waals surface area contributed by atoms with Crippen molar-refractivity contribution in [3.05, 3.63) is 0 Å². The van der Waals surface area contributed by atoms with Gasteiger partial charge >= 0.3 is 39.5 Å². The largest absolute Gasteiger partial charge is 0.472 e. The molecule has 0 spiro atoms. The van der Waals surface area contributed by atoms with Crippen LogP contribution in [0.3, 0.4) is 0 Å². The number of aliphatic hydroxyl groups excluding tert-OH is 1. The van der Waals surface area contributed by atoms with Crippen molar-refractivity contribution in [3.63, 3.8) is 0 Å². The van der Waals surface area contributed by atoms with Crippen LogP contribution in [0.4, 0.5) is 0 Å². The lowest BCUT2D eigenvalue weighted by atomic mass is 9.99. The van der Waals surface area contributed by atoms with E-state index in [4.69, 9.17) is 37.0 Å². The van der Waals surface area contributed by atoms with Crippen LogP contribution in [0.15, 0.2) is 0 Å². The number of hydrogen-bond donors (Lipinski definition) is 3. The van der Waals surface area contributed by atoms with Gasteiger partial charge in [-0.3, -0.25) is 37.3 Å². The highest BCUT2D eigenvalue weighted by Crippen LogP contribution is 2.45. The third-order valence-corrected chi connectivity index (χ3v) is 21.6. The monoisotopic (exact) mass is 1490 g/mol. The molecule has 0 saturated carbocycles. The van der Waals surface area contributed by atoms with Crippen LogP contribution in [0.25, 0.3) is 0 Å². The molecule has 3 unspecified atom stereocenters. The summed E-state index contributed by atoms with van der Waals surface area (Å²) in [6.45, 7) is 12.0. The zero-order chi connectivity index (χ0) is 75.1. The molecule has 0 heterocycles. The third-order valence-electron chi connectivity index (χ3n) is 19.7. The van der Waals surface area contributed by atoms with E-state index in [0.717, 1.165) is 108 Å². The smallest absolute Gasteiger partial charge is 0.462 e. The van der Waals surface area contributed by atoms with E-state index in [0.29, 0.717) is 25.7 Å². The average molecular weight is 1490 g/mol. The highest BCUT2D eigenvalue weighted by Gasteiger charge is 2.30. The maximum atomic E-state index is 13.1. The van der Waals surface area contributed by atoms with Crippen LogP contribution in [-0.2, 0) is 65.4 Å². The van der Waals surface area contributed by atoms with Gasteiger partial charge in [-0.2, -0.15) is 0 Å². The van der Waals surface area contributed by atoms with Crippen LogP contribution in [0.5, 0.6) is 0 Å². The van der Waals surface area contributed by atoms with E-state index in [-0.39, 0.29) is 25.7 Å².